The molecule has 0 amide bonds. The van der Waals surface area contributed by atoms with Crippen molar-refractivity contribution in [1.82, 2.24) is 0 Å². The van der Waals surface area contributed by atoms with Crippen molar-refractivity contribution < 1.29 is 0 Å². The number of hydrogen-bond donors (Lipinski definition) is 3. The lowest BCUT2D eigenvalue weighted by molar-refractivity contribution is 0.711. The maximum atomic E-state index is 6.26. The van der Waals surface area contributed by atoms with Crippen LogP contribution in [0, 0.1) is 0 Å². The average Bonchev–Trinajstić information content (AvgIpc) is 2.85. The fourth-order valence-electron chi connectivity index (χ4n) is 3.84. The van der Waals surface area contributed by atoms with Crippen LogP contribution in [0.25, 0.3) is 21.5 Å². The predicted octanol–water partition coefficient (Wildman–Crippen LogP) is 7.32. The predicted molar refractivity (Wildman–Crippen MR) is 154 cm³/mol. The van der Waals surface area contributed by atoms with Gasteiger partial charge in [-0.25, -0.2) is 4.99 Å². The fraction of sp³-hybridized carbons (Fsp3) is 0.250. The second kappa shape index (κ2) is 12.7. The summed E-state index contributed by atoms with van der Waals surface area (Å²) in [5, 5.41) is 8.91. The number of thioether (sulfide) groups is 2. The molecule has 1 unspecified atom stereocenters. The summed E-state index contributed by atoms with van der Waals surface area (Å²) in [6.45, 7) is 0. The molecule has 0 radical (unpaired) electrons. The number of hydrogen-bond acceptors (Lipinski definition) is 5. The van der Waals surface area contributed by atoms with Gasteiger partial charge in [0.2, 0.25) is 0 Å². The van der Waals surface area contributed by atoms with E-state index in [1.807, 2.05) is 18.2 Å². The highest BCUT2D eigenvalue weighted by molar-refractivity contribution is 8.13. The summed E-state index contributed by atoms with van der Waals surface area (Å²) in [7, 11) is 0. The van der Waals surface area contributed by atoms with Crippen LogP contribution in [-0.2, 0) is 0 Å². The van der Waals surface area contributed by atoms with Gasteiger partial charge < -0.3 is 16.8 Å². The van der Waals surface area contributed by atoms with Crippen molar-refractivity contribution in [1.29, 1.82) is 0 Å². The number of amidine groups is 1. The first-order valence-corrected chi connectivity index (χ1v) is 13.8. The molecule has 4 rings (SSSR count). The Labute approximate surface area is 210 Å². The van der Waals surface area contributed by atoms with Gasteiger partial charge in [0.1, 0.15) is 5.50 Å². The van der Waals surface area contributed by atoms with E-state index in [9.17, 15) is 0 Å². The normalized spacial score (nSPS) is 12.8. The molecule has 6 heteroatoms. The lowest BCUT2D eigenvalue weighted by atomic mass is 10.1. The van der Waals surface area contributed by atoms with E-state index in [2.05, 4.69) is 77.0 Å². The van der Waals surface area contributed by atoms with Crippen molar-refractivity contribution in [3.63, 3.8) is 0 Å². The molecule has 4 aromatic carbocycles. The molecule has 0 aliphatic carbocycles. The third-order valence-corrected chi connectivity index (χ3v) is 7.50. The quantitative estimate of drug-likeness (QED) is 0.0892. The molecule has 4 aromatic rings. The summed E-state index contributed by atoms with van der Waals surface area (Å²) < 4.78 is 0. The lowest BCUT2D eigenvalue weighted by Gasteiger charge is -2.15. The Bertz CT molecular complexity index is 1240. The van der Waals surface area contributed by atoms with Crippen LogP contribution in [-0.4, -0.2) is 22.2 Å². The zero-order valence-electron chi connectivity index (χ0n) is 19.3. The molecule has 34 heavy (non-hydrogen) atoms. The van der Waals surface area contributed by atoms with E-state index in [0.717, 1.165) is 29.3 Å². The van der Waals surface area contributed by atoms with Gasteiger partial charge in [0.05, 0.1) is 5.69 Å². The second-order valence-electron chi connectivity index (χ2n) is 8.24. The van der Waals surface area contributed by atoms with E-state index in [1.54, 1.807) is 23.5 Å². The molecule has 5 N–H and O–H groups in total. The largest absolute Gasteiger partial charge is 0.378 e. The monoisotopic (exact) mass is 488 g/mol. The van der Waals surface area contributed by atoms with Gasteiger partial charge in [0.15, 0.2) is 5.17 Å². The molecule has 0 spiro atoms. The molecule has 0 aliphatic rings. The summed E-state index contributed by atoms with van der Waals surface area (Å²) in [6.07, 6.45) is 4.72. The van der Waals surface area contributed by atoms with Crippen LogP contribution >= 0.6 is 23.5 Å². The molecule has 0 aromatic heterocycles. The third kappa shape index (κ3) is 7.42. The van der Waals surface area contributed by atoms with Gasteiger partial charge in [-0.05, 0) is 64.4 Å². The maximum absolute atomic E-state index is 6.26. The molecule has 0 bridgehead atoms. The first kappa shape index (κ1) is 24.5. The zero-order valence-corrected chi connectivity index (χ0v) is 21.0. The highest BCUT2D eigenvalue weighted by Crippen LogP contribution is 2.23. The van der Waals surface area contributed by atoms with Gasteiger partial charge in [-0.15, -0.1) is 11.8 Å². The molecule has 0 aliphatic heterocycles. The van der Waals surface area contributed by atoms with Gasteiger partial charge in [-0.3, -0.25) is 0 Å². The topological polar surface area (TPSA) is 76.4 Å². The van der Waals surface area contributed by atoms with Crippen molar-refractivity contribution >= 4 is 61.6 Å². The Morgan fingerprint density at radius 2 is 1.35 bits per heavy atom. The van der Waals surface area contributed by atoms with Crippen molar-refractivity contribution in [3.8, 4) is 0 Å². The molecule has 1 atom stereocenters. The SMILES string of the molecule is NC(=Nc1ccc2ccccc2c1)SCCCCCCSC(N)Nc1ccc2ccccc2c1. The summed E-state index contributed by atoms with van der Waals surface area (Å²) in [5.74, 6) is 2.06. The van der Waals surface area contributed by atoms with E-state index in [1.165, 1.54) is 40.8 Å². The Balaban J connectivity index is 1.08. The first-order chi connectivity index (χ1) is 16.7. The lowest BCUT2D eigenvalue weighted by Crippen LogP contribution is -2.26. The molecule has 4 nitrogen and oxygen atoms in total. The zero-order chi connectivity index (χ0) is 23.6. The third-order valence-electron chi connectivity index (χ3n) is 5.62. The highest BCUT2D eigenvalue weighted by Gasteiger charge is 2.04. The van der Waals surface area contributed by atoms with E-state index >= 15 is 0 Å². The van der Waals surface area contributed by atoms with Crippen LogP contribution in [0.2, 0.25) is 0 Å². The number of nitrogens with zero attached hydrogens (tertiary/aromatic N) is 1. The standard InChI is InChI=1S/C28H32N4S2/c29-27(31-25-15-13-21-9-3-5-11-23(21)19-25)33-17-7-1-2-8-18-34-28(30)32-26-16-14-22-10-4-6-12-24(22)20-26/h3-6,9-16,19-20,27,31H,1-2,7-8,17-18,29H2,(H2,30,32). The molecule has 0 saturated carbocycles. The Morgan fingerprint density at radius 1 is 0.735 bits per heavy atom. The molecule has 0 fully saturated rings. The minimum Gasteiger partial charge on any atom is -0.378 e. The van der Waals surface area contributed by atoms with Crippen molar-refractivity contribution in [2.24, 2.45) is 16.5 Å². The van der Waals surface area contributed by atoms with Gasteiger partial charge in [0.25, 0.3) is 0 Å². The van der Waals surface area contributed by atoms with Gasteiger partial charge in [0, 0.05) is 11.4 Å². The van der Waals surface area contributed by atoms with Crippen molar-refractivity contribution in [2.75, 3.05) is 16.8 Å². The maximum Gasteiger partial charge on any atom is 0.159 e. The Kier molecular flexibility index (Phi) is 9.13. The van der Waals surface area contributed by atoms with E-state index in [-0.39, 0.29) is 5.50 Å². The molecule has 0 heterocycles. The number of nitrogens with one attached hydrogen (secondary N) is 1. The Morgan fingerprint density at radius 3 is 2.09 bits per heavy atom. The summed E-state index contributed by atoms with van der Waals surface area (Å²) in [6, 6.07) is 29.2. The van der Waals surface area contributed by atoms with Crippen LogP contribution in [0.4, 0.5) is 11.4 Å². The minimum absolute atomic E-state index is 0.0946. The smallest absolute Gasteiger partial charge is 0.159 e. The number of aliphatic imine (C=N–C) groups is 1. The van der Waals surface area contributed by atoms with Crippen LogP contribution in [0.15, 0.2) is 89.9 Å². The summed E-state index contributed by atoms with van der Waals surface area (Å²) in [4.78, 5) is 4.56. The van der Waals surface area contributed by atoms with Crippen molar-refractivity contribution in [3.05, 3.63) is 84.9 Å². The Hall–Kier alpha value is -2.67. The number of fused-ring (bicyclic) bond motifs is 2. The molecular weight excluding hydrogens is 456 g/mol. The van der Waals surface area contributed by atoms with Crippen LogP contribution < -0.4 is 16.8 Å². The summed E-state index contributed by atoms with van der Waals surface area (Å²) in [5.41, 5.74) is 14.3. The van der Waals surface area contributed by atoms with Gasteiger partial charge in [-0.1, -0.05) is 85.3 Å². The van der Waals surface area contributed by atoms with Crippen LogP contribution in [0.3, 0.4) is 0 Å². The van der Waals surface area contributed by atoms with E-state index in [4.69, 9.17) is 11.5 Å². The van der Waals surface area contributed by atoms with Crippen LogP contribution in [0.1, 0.15) is 25.7 Å². The number of anilines is 1. The highest BCUT2D eigenvalue weighted by atomic mass is 32.2. The van der Waals surface area contributed by atoms with Gasteiger partial charge in [-0.2, -0.15) is 0 Å². The number of nitrogens with two attached hydrogens (primary N) is 2. The molecule has 0 saturated heterocycles. The first-order valence-electron chi connectivity index (χ1n) is 11.8. The molecular formula is C28H32N4S2. The minimum atomic E-state index is -0.0946. The number of benzene rings is 4. The van der Waals surface area contributed by atoms with Crippen molar-refractivity contribution in [2.45, 2.75) is 31.2 Å². The number of unbranched alkanes of at least 4 members (excludes halogenated alkanes) is 3. The second-order valence-corrected chi connectivity index (χ2v) is 10.6. The summed E-state index contributed by atoms with van der Waals surface area (Å²) >= 11 is 3.41. The fourth-order valence-corrected chi connectivity index (χ4v) is 5.41. The van der Waals surface area contributed by atoms with E-state index in [0.29, 0.717) is 5.17 Å². The van der Waals surface area contributed by atoms with E-state index < -0.39 is 0 Å². The average molecular weight is 489 g/mol. The van der Waals surface area contributed by atoms with Crippen LogP contribution in [0.5, 0.6) is 0 Å². The van der Waals surface area contributed by atoms with Gasteiger partial charge >= 0.3 is 0 Å². The number of rotatable bonds is 11. The molecule has 176 valence electrons.